The van der Waals surface area contributed by atoms with Gasteiger partial charge in [-0.2, -0.15) is 0 Å². The fraction of sp³-hybridized carbons (Fsp3) is 0.385. The van der Waals surface area contributed by atoms with E-state index >= 15 is 0 Å². The molecular formula is C13H16N2O5. The van der Waals surface area contributed by atoms with Crippen molar-refractivity contribution in [1.82, 2.24) is 10.3 Å². The van der Waals surface area contributed by atoms with Gasteiger partial charge in [-0.25, -0.2) is 9.59 Å². The van der Waals surface area contributed by atoms with Gasteiger partial charge in [0.1, 0.15) is 0 Å². The number of aliphatic carboxylic acids is 1. The first-order valence-electron chi connectivity index (χ1n) is 6.00. The highest BCUT2D eigenvalue weighted by Crippen LogP contribution is 2.16. The maximum Gasteiger partial charge on any atom is 0.344 e. The molecule has 1 amide bonds. The van der Waals surface area contributed by atoms with Gasteiger partial charge in [0, 0.05) is 25.7 Å². The van der Waals surface area contributed by atoms with Crippen molar-refractivity contribution < 1.29 is 24.2 Å². The maximum absolute atomic E-state index is 12.0. The van der Waals surface area contributed by atoms with Gasteiger partial charge in [-0.3, -0.25) is 9.78 Å². The molecule has 1 atom stereocenters. The van der Waals surface area contributed by atoms with E-state index in [1.807, 2.05) is 0 Å². The molecule has 108 valence electrons. The minimum atomic E-state index is -2.14. The number of carboxylic acid groups (broad SMARTS) is 1. The summed E-state index contributed by atoms with van der Waals surface area (Å²) in [5, 5.41) is 11.6. The highest BCUT2D eigenvalue weighted by Gasteiger charge is 2.48. The molecule has 0 aromatic carbocycles. The van der Waals surface area contributed by atoms with Crippen molar-refractivity contribution in [3.05, 3.63) is 30.1 Å². The lowest BCUT2D eigenvalue weighted by Gasteiger charge is -2.27. The fourth-order valence-corrected chi connectivity index (χ4v) is 1.75. The van der Waals surface area contributed by atoms with Gasteiger partial charge in [-0.1, -0.05) is 0 Å². The smallest absolute Gasteiger partial charge is 0.344 e. The van der Waals surface area contributed by atoms with E-state index in [2.05, 4.69) is 10.3 Å². The standard InChI is InChI=1S/C13H16N2O5/c1-3-20-12(19)13(11(17)18,15-9(2)16)8-10-4-6-14-7-5-10/h4-7H,3,8H2,1-2H3,(H,15,16)(H,17,18). The van der Waals surface area contributed by atoms with Gasteiger partial charge in [-0.05, 0) is 24.6 Å². The second-order valence-corrected chi connectivity index (χ2v) is 4.14. The summed E-state index contributed by atoms with van der Waals surface area (Å²) in [5.41, 5.74) is -1.59. The third-order valence-electron chi connectivity index (χ3n) is 2.60. The van der Waals surface area contributed by atoms with E-state index in [1.165, 1.54) is 12.4 Å². The van der Waals surface area contributed by atoms with Gasteiger partial charge < -0.3 is 15.2 Å². The molecule has 0 bridgehead atoms. The highest BCUT2D eigenvalue weighted by molar-refractivity contribution is 6.07. The Morgan fingerprint density at radius 3 is 2.40 bits per heavy atom. The summed E-state index contributed by atoms with van der Waals surface area (Å²) in [7, 11) is 0. The molecule has 0 radical (unpaired) electrons. The number of pyridine rings is 1. The van der Waals surface area contributed by atoms with Crippen LogP contribution in [0.4, 0.5) is 0 Å². The largest absolute Gasteiger partial charge is 0.479 e. The van der Waals surface area contributed by atoms with Crippen LogP contribution >= 0.6 is 0 Å². The van der Waals surface area contributed by atoms with Gasteiger partial charge in [0.15, 0.2) is 0 Å². The summed E-state index contributed by atoms with van der Waals surface area (Å²) in [5.74, 6) is -3.10. The molecule has 2 N–H and O–H groups in total. The van der Waals surface area contributed by atoms with Crippen molar-refractivity contribution in [3.8, 4) is 0 Å². The quantitative estimate of drug-likeness (QED) is 0.567. The third kappa shape index (κ3) is 3.53. The number of hydrogen-bond donors (Lipinski definition) is 2. The number of ether oxygens (including phenoxy) is 1. The fourth-order valence-electron chi connectivity index (χ4n) is 1.75. The van der Waals surface area contributed by atoms with Gasteiger partial charge in [-0.15, -0.1) is 0 Å². The molecule has 1 rings (SSSR count). The highest BCUT2D eigenvalue weighted by atomic mass is 16.5. The first-order valence-corrected chi connectivity index (χ1v) is 6.00. The van der Waals surface area contributed by atoms with Crippen molar-refractivity contribution in [1.29, 1.82) is 0 Å². The first-order chi connectivity index (χ1) is 9.42. The Morgan fingerprint density at radius 1 is 1.35 bits per heavy atom. The maximum atomic E-state index is 12.0. The zero-order chi connectivity index (χ0) is 15.2. The van der Waals surface area contributed by atoms with Gasteiger partial charge in [0.25, 0.3) is 0 Å². The number of aromatic nitrogens is 1. The van der Waals surface area contributed by atoms with Gasteiger partial charge in [0.2, 0.25) is 11.4 Å². The molecule has 7 nitrogen and oxygen atoms in total. The van der Waals surface area contributed by atoms with Crippen LogP contribution in [-0.4, -0.2) is 40.1 Å². The Hall–Kier alpha value is -2.44. The van der Waals surface area contributed by atoms with Gasteiger partial charge >= 0.3 is 11.9 Å². The first kappa shape index (κ1) is 15.6. The molecule has 0 saturated heterocycles. The van der Waals surface area contributed by atoms with E-state index in [4.69, 9.17) is 4.74 Å². The number of carboxylic acids is 1. The van der Waals surface area contributed by atoms with Crippen molar-refractivity contribution in [2.45, 2.75) is 25.8 Å². The van der Waals surface area contributed by atoms with Crippen LogP contribution < -0.4 is 5.32 Å². The lowest BCUT2D eigenvalue weighted by atomic mass is 9.91. The zero-order valence-corrected chi connectivity index (χ0v) is 11.3. The van der Waals surface area contributed by atoms with Crippen molar-refractivity contribution >= 4 is 17.8 Å². The number of esters is 1. The molecule has 0 saturated carbocycles. The number of hydrogen-bond acceptors (Lipinski definition) is 5. The molecule has 0 aliphatic carbocycles. The summed E-state index contributed by atoms with van der Waals surface area (Å²) in [6, 6.07) is 3.14. The predicted octanol–water partition coefficient (Wildman–Crippen LogP) is 0.147. The Balaban J connectivity index is 3.18. The number of amides is 1. The van der Waals surface area contributed by atoms with Crippen LogP contribution in [0.25, 0.3) is 0 Å². The molecule has 7 heteroatoms. The van der Waals surface area contributed by atoms with Crippen molar-refractivity contribution in [2.24, 2.45) is 0 Å². The topological polar surface area (TPSA) is 106 Å². The molecule has 0 fully saturated rings. The van der Waals surface area contributed by atoms with Gasteiger partial charge in [0.05, 0.1) is 6.61 Å². The Kier molecular flexibility index (Phi) is 5.19. The molecule has 1 aromatic heterocycles. The van der Waals surface area contributed by atoms with Crippen LogP contribution in [0.3, 0.4) is 0 Å². The summed E-state index contributed by atoms with van der Waals surface area (Å²) < 4.78 is 4.79. The molecule has 20 heavy (non-hydrogen) atoms. The Morgan fingerprint density at radius 2 is 1.95 bits per heavy atom. The predicted molar refractivity (Wildman–Crippen MR) is 68.8 cm³/mol. The molecule has 1 unspecified atom stereocenters. The number of nitrogens with zero attached hydrogens (tertiary/aromatic N) is 1. The van der Waals surface area contributed by atoms with Crippen LogP contribution in [0.1, 0.15) is 19.4 Å². The summed E-state index contributed by atoms with van der Waals surface area (Å²) in [6.45, 7) is 2.72. The zero-order valence-electron chi connectivity index (χ0n) is 11.3. The lowest BCUT2D eigenvalue weighted by Crippen LogP contribution is -2.61. The van der Waals surface area contributed by atoms with E-state index in [-0.39, 0.29) is 13.0 Å². The van der Waals surface area contributed by atoms with Crippen LogP contribution in [0.2, 0.25) is 0 Å². The average molecular weight is 280 g/mol. The van der Waals surface area contributed by atoms with Crippen LogP contribution in [0.5, 0.6) is 0 Å². The summed E-state index contributed by atoms with van der Waals surface area (Å²) >= 11 is 0. The number of carbonyl (C=O) groups is 3. The van der Waals surface area contributed by atoms with E-state index in [9.17, 15) is 19.5 Å². The van der Waals surface area contributed by atoms with E-state index in [1.54, 1.807) is 19.1 Å². The number of nitrogens with one attached hydrogen (secondary N) is 1. The lowest BCUT2D eigenvalue weighted by molar-refractivity contribution is -0.164. The Bertz CT molecular complexity index is 503. The average Bonchev–Trinajstić information content (AvgIpc) is 2.38. The van der Waals surface area contributed by atoms with Crippen molar-refractivity contribution in [2.75, 3.05) is 6.61 Å². The van der Waals surface area contributed by atoms with E-state index in [0.29, 0.717) is 5.56 Å². The van der Waals surface area contributed by atoms with E-state index in [0.717, 1.165) is 6.92 Å². The SMILES string of the molecule is CCOC(=O)C(Cc1ccncc1)(NC(C)=O)C(=O)O. The molecule has 1 heterocycles. The Labute approximate surface area is 116 Å². The van der Waals surface area contributed by atoms with Crippen LogP contribution in [0.15, 0.2) is 24.5 Å². The molecule has 0 aliphatic rings. The second-order valence-electron chi connectivity index (χ2n) is 4.14. The summed E-state index contributed by atoms with van der Waals surface area (Å²) in [6.07, 6.45) is 2.73. The second kappa shape index (κ2) is 6.65. The summed E-state index contributed by atoms with van der Waals surface area (Å²) in [4.78, 5) is 38.6. The molecule has 0 aliphatic heterocycles. The van der Waals surface area contributed by atoms with E-state index < -0.39 is 23.4 Å². The normalized spacial score (nSPS) is 13.1. The number of rotatable bonds is 6. The molecule has 1 aromatic rings. The number of carbonyl (C=O) groups excluding carboxylic acids is 2. The molecule has 0 spiro atoms. The van der Waals surface area contributed by atoms with Crippen LogP contribution in [0, 0.1) is 0 Å². The van der Waals surface area contributed by atoms with Crippen molar-refractivity contribution in [3.63, 3.8) is 0 Å². The minimum Gasteiger partial charge on any atom is -0.479 e. The third-order valence-corrected chi connectivity index (χ3v) is 2.60. The molecular weight excluding hydrogens is 264 g/mol. The minimum absolute atomic E-state index is 0.0177. The monoisotopic (exact) mass is 280 g/mol. The van der Waals surface area contributed by atoms with Crippen LogP contribution in [-0.2, 0) is 25.5 Å².